The second-order valence-electron chi connectivity index (χ2n) is 15.9. The molecule has 0 heterocycles. The Bertz CT molecular complexity index is 3240. The third kappa shape index (κ3) is 16.3. The van der Waals surface area contributed by atoms with Crippen molar-refractivity contribution in [3.8, 4) is 40.2 Å². The summed E-state index contributed by atoms with van der Waals surface area (Å²) >= 11 is 17.2. The number of hydrogen-bond acceptors (Lipinski definition) is 13. The van der Waals surface area contributed by atoms with Crippen LogP contribution in [0.4, 0.5) is 17.1 Å². The molecule has 9 aromatic carbocycles. The van der Waals surface area contributed by atoms with E-state index >= 15 is 0 Å². The second kappa shape index (κ2) is 26.9. The van der Waals surface area contributed by atoms with Crippen molar-refractivity contribution in [2.24, 2.45) is 0 Å². The van der Waals surface area contributed by atoms with E-state index in [9.17, 15) is 30.6 Å². The lowest BCUT2D eigenvalue weighted by molar-refractivity contribution is 0.414. The molecule has 0 radical (unpaired) electrons. The lowest BCUT2D eigenvalue weighted by Gasteiger charge is -2.13. The van der Waals surface area contributed by atoms with Crippen LogP contribution in [0.1, 0.15) is 16.7 Å². The van der Waals surface area contributed by atoms with Gasteiger partial charge in [0.05, 0.1) is 29.2 Å². The van der Waals surface area contributed by atoms with Crippen LogP contribution >= 0.6 is 58.5 Å². The van der Waals surface area contributed by atoms with Crippen LogP contribution in [-0.2, 0) is 19.6 Å². The van der Waals surface area contributed by atoms with Crippen LogP contribution in [0.25, 0.3) is 0 Å². The summed E-state index contributed by atoms with van der Waals surface area (Å²) in [6.45, 7) is 1.67. The number of phenols is 6. The molecule has 0 bridgehead atoms. The van der Waals surface area contributed by atoms with E-state index in [1.54, 1.807) is 66.7 Å². The first-order valence-corrected chi connectivity index (χ1v) is 25.8. The van der Waals surface area contributed by atoms with E-state index < -0.39 is 0 Å². The summed E-state index contributed by atoms with van der Waals surface area (Å²) in [6.07, 6.45) is 0. The van der Waals surface area contributed by atoms with Crippen molar-refractivity contribution in [1.82, 2.24) is 0 Å². The summed E-state index contributed by atoms with van der Waals surface area (Å²) < 4.78 is 5.19. The lowest BCUT2D eigenvalue weighted by atomic mass is 10.2. The maximum atomic E-state index is 9.88. The Balaban J connectivity index is 0.000000160. The molecule has 0 saturated carbocycles. The van der Waals surface area contributed by atoms with Gasteiger partial charge in [0, 0.05) is 72.2 Å². The van der Waals surface area contributed by atoms with Crippen molar-refractivity contribution in [3.05, 3.63) is 227 Å². The van der Waals surface area contributed by atoms with E-state index in [4.69, 9.17) is 27.9 Å². The molecule has 9 aromatic rings. The fourth-order valence-electron chi connectivity index (χ4n) is 6.90. The van der Waals surface area contributed by atoms with Crippen LogP contribution < -0.4 is 20.7 Å². The minimum absolute atomic E-state index is 0.0197. The minimum atomic E-state index is 0.0197. The fraction of sp³-hybridized carbons (Fsp3) is 0.0690. The van der Waals surface area contributed by atoms with E-state index in [2.05, 4.69) is 34.1 Å². The molecular formula is C58H51Cl2N3O7S3. The topological polar surface area (TPSA) is 167 Å². The van der Waals surface area contributed by atoms with Crippen molar-refractivity contribution < 1.29 is 35.4 Å². The van der Waals surface area contributed by atoms with Crippen molar-refractivity contribution >= 4 is 75.5 Å². The molecule has 9 rings (SSSR count). The van der Waals surface area contributed by atoms with Gasteiger partial charge < -0.3 is 51.3 Å². The highest BCUT2D eigenvalue weighted by Crippen LogP contribution is 2.38. The van der Waals surface area contributed by atoms with Crippen molar-refractivity contribution in [1.29, 1.82) is 0 Å². The standard InChI is InChI=1S/C20H19NO3S.2C19H16ClNO2S/c1-24-16-7-9-17(10-8-16)25-20-5-3-2-4-14(20)13-21-18-11-6-15(22)12-19(18)23;20-15-6-2-4-8-19(15)24-18-7-3-1-5-13(18)12-21-16-10-9-14(22)11-17(16)23;20-14-5-3-6-16(10-14)24-19-7-2-1-4-13(19)12-21-17-9-8-15(22)11-18(17)23/h2-12,21-23H,13H2,1H3;2*1-11,21-23H,12H2. The Morgan fingerprint density at radius 2 is 0.781 bits per heavy atom. The first-order chi connectivity index (χ1) is 35.4. The Labute approximate surface area is 447 Å². The molecule has 0 aliphatic rings. The van der Waals surface area contributed by atoms with Gasteiger partial charge in [-0.25, -0.2) is 0 Å². The zero-order chi connectivity index (χ0) is 51.5. The van der Waals surface area contributed by atoms with E-state index in [-0.39, 0.29) is 34.5 Å². The Kier molecular flexibility index (Phi) is 19.7. The van der Waals surface area contributed by atoms with E-state index in [0.29, 0.717) is 41.7 Å². The number of ether oxygens (including phenoxy) is 1. The highest BCUT2D eigenvalue weighted by Gasteiger charge is 2.11. The van der Waals surface area contributed by atoms with Gasteiger partial charge in [-0.2, -0.15) is 0 Å². The van der Waals surface area contributed by atoms with Gasteiger partial charge in [-0.1, -0.05) is 131 Å². The first-order valence-electron chi connectivity index (χ1n) is 22.6. The van der Waals surface area contributed by atoms with Gasteiger partial charge in [0.1, 0.15) is 40.2 Å². The summed E-state index contributed by atoms with van der Waals surface area (Å²) in [4.78, 5) is 6.54. The Morgan fingerprint density at radius 1 is 0.384 bits per heavy atom. The molecule has 0 atom stereocenters. The van der Waals surface area contributed by atoms with Crippen LogP contribution in [0.3, 0.4) is 0 Å². The van der Waals surface area contributed by atoms with Gasteiger partial charge in [-0.3, -0.25) is 0 Å². The quantitative estimate of drug-likeness (QED) is 0.0332. The first kappa shape index (κ1) is 53.4. The largest absolute Gasteiger partial charge is 0.508 e. The fourth-order valence-corrected chi connectivity index (χ4v) is 10.3. The molecule has 0 aliphatic heterocycles. The Morgan fingerprint density at radius 3 is 1.19 bits per heavy atom. The number of halogens is 2. The predicted molar refractivity (Wildman–Crippen MR) is 299 cm³/mol. The van der Waals surface area contributed by atoms with Crippen molar-refractivity contribution in [3.63, 3.8) is 0 Å². The lowest BCUT2D eigenvalue weighted by Crippen LogP contribution is -2.01. The number of rotatable bonds is 16. The number of methoxy groups -OCH3 is 1. The molecule has 73 heavy (non-hydrogen) atoms. The number of benzene rings is 9. The molecule has 0 unspecified atom stereocenters. The third-order valence-electron chi connectivity index (χ3n) is 10.6. The number of anilines is 3. The summed E-state index contributed by atoms with van der Waals surface area (Å²) in [7, 11) is 1.65. The van der Waals surface area contributed by atoms with Gasteiger partial charge >= 0.3 is 0 Å². The van der Waals surface area contributed by atoms with Crippen molar-refractivity contribution in [2.45, 2.75) is 49.0 Å². The highest BCUT2D eigenvalue weighted by molar-refractivity contribution is 8.00. The molecule has 15 heteroatoms. The van der Waals surface area contributed by atoms with Crippen LogP contribution in [0.15, 0.2) is 230 Å². The summed E-state index contributed by atoms with van der Waals surface area (Å²) in [6, 6.07) is 61.2. The van der Waals surface area contributed by atoms with E-state index in [1.165, 1.54) is 30.3 Å². The van der Waals surface area contributed by atoms with Crippen LogP contribution in [-0.4, -0.2) is 37.7 Å². The van der Waals surface area contributed by atoms with E-state index in [1.807, 2.05) is 127 Å². The average Bonchev–Trinajstić information content (AvgIpc) is 3.38. The SMILES string of the molecule is COc1ccc(Sc2ccccc2CNc2ccc(O)cc2O)cc1.Oc1ccc(NCc2ccccc2Sc2cccc(Cl)c2)c(O)c1.Oc1ccc(NCc2ccccc2Sc2ccccc2Cl)c(O)c1. The predicted octanol–water partition coefficient (Wildman–Crippen LogP) is 15.9. The summed E-state index contributed by atoms with van der Waals surface area (Å²) in [5, 5.41) is 68.7. The molecule has 0 fully saturated rings. The maximum absolute atomic E-state index is 9.88. The molecule has 0 amide bonds. The van der Waals surface area contributed by atoms with Gasteiger partial charge in [-0.15, -0.1) is 0 Å². The molecule has 9 N–H and O–H groups in total. The minimum Gasteiger partial charge on any atom is -0.508 e. The number of hydrogen-bond donors (Lipinski definition) is 9. The average molecular weight is 1070 g/mol. The van der Waals surface area contributed by atoms with Crippen LogP contribution in [0.5, 0.6) is 40.2 Å². The molecular weight excluding hydrogens is 1020 g/mol. The number of aromatic hydroxyl groups is 6. The molecule has 0 spiro atoms. The van der Waals surface area contributed by atoms with Gasteiger partial charge in [0.2, 0.25) is 0 Å². The normalized spacial score (nSPS) is 10.5. The van der Waals surface area contributed by atoms with Crippen LogP contribution in [0.2, 0.25) is 10.0 Å². The molecule has 0 aromatic heterocycles. The Hall–Kier alpha value is -7.39. The second-order valence-corrected chi connectivity index (χ2v) is 20.0. The van der Waals surface area contributed by atoms with E-state index in [0.717, 1.165) is 56.8 Å². The molecule has 0 saturated heterocycles. The third-order valence-corrected chi connectivity index (χ3v) is 14.7. The smallest absolute Gasteiger partial charge is 0.142 e. The molecule has 10 nitrogen and oxygen atoms in total. The molecule has 0 aliphatic carbocycles. The van der Waals surface area contributed by atoms with Crippen LogP contribution in [0, 0.1) is 0 Å². The monoisotopic (exact) mass is 1070 g/mol. The van der Waals surface area contributed by atoms with Crippen molar-refractivity contribution in [2.75, 3.05) is 23.1 Å². The summed E-state index contributed by atoms with van der Waals surface area (Å²) in [5.74, 6) is 1.02. The van der Waals surface area contributed by atoms with Gasteiger partial charge in [0.15, 0.2) is 0 Å². The summed E-state index contributed by atoms with van der Waals surface area (Å²) in [5.41, 5.74) is 5.06. The zero-order valence-corrected chi connectivity index (χ0v) is 43.2. The number of nitrogens with one attached hydrogen (secondary N) is 3. The zero-order valence-electron chi connectivity index (χ0n) is 39.2. The number of phenolic OH excluding ortho intramolecular Hbond substituents is 6. The van der Waals surface area contributed by atoms with Gasteiger partial charge in [0.25, 0.3) is 0 Å². The highest BCUT2D eigenvalue weighted by atomic mass is 35.5. The maximum Gasteiger partial charge on any atom is 0.142 e. The van der Waals surface area contributed by atoms with Gasteiger partial charge in [-0.05, 0) is 126 Å². The molecule has 372 valence electrons.